The van der Waals surface area contributed by atoms with Crippen LogP contribution in [0, 0.1) is 5.92 Å². The molecular weight excluding hydrogens is 264 g/mol. The molecule has 0 aromatic carbocycles. The Bertz CT molecular complexity index is 374. The zero-order valence-electron chi connectivity index (χ0n) is 11.6. The van der Waals surface area contributed by atoms with E-state index in [9.17, 15) is 14.4 Å². The van der Waals surface area contributed by atoms with Gasteiger partial charge in [-0.05, 0) is 32.4 Å². The fraction of sp³-hybridized carbons (Fsp3) is 0.750. The summed E-state index contributed by atoms with van der Waals surface area (Å²) in [5.74, 6) is -1.38. The van der Waals surface area contributed by atoms with Crippen LogP contribution >= 0.6 is 0 Å². The van der Waals surface area contributed by atoms with Crippen molar-refractivity contribution in [1.29, 1.82) is 0 Å². The van der Waals surface area contributed by atoms with Crippen LogP contribution in [0.1, 0.15) is 19.3 Å². The molecule has 1 aliphatic heterocycles. The standard InChI is InChI=1S/C12H22N4O4/c1-16-5-4-8(7-16)6-14-12(20)15-9(11(18)19)2-3-10(13)17/h8-9H,2-7H2,1H3,(H2,13,17)(H,18,19)(H2,14,15,20). The lowest BCUT2D eigenvalue weighted by atomic mass is 10.1. The second-order valence-corrected chi connectivity index (χ2v) is 5.17. The average Bonchev–Trinajstić information content (AvgIpc) is 2.77. The highest BCUT2D eigenvalue weighted by atomic mass is 16.4. The lowest BCUT2D eigenvalue weighted by molar-refractivity contribution is -0.139. The van der Waals surface area contributed by atoms with E-state index >= 15 is 0 Å². The van der Waals surface area contributed by atoms with Crippen molar-refractivity contribution in [1.82, 2.24) is 15.5 Å². The second-order valence-electron chi connectivity index (χ2n) is 5.17. The van der Waals surface area contributed by atoms with Crippen LogP contribution in [-0.2, 0) is 9.59 Å². The molecule has 0 aliphatic carbocycles. The third kappa shape index (κ3) is 5.87. The minimum Gasteiger partial charge on any atom is -0.480 e. The smallest absolute Gasteiger partial charge is 0.326 e. The van der Waals surface area contributed by atoms with Gasteiger partial charge in [-0.15, -0.1) is 0 Å². The molecule has 0 spiro atoms. The van der Waals surface area contributed by atoms with Gasteiger partial charge in [-0.3, -0.25) is 4.79 Å². The van der Waals surface area contributed by atoms with Gasteiger partial charge in [-0.1, -0.05) is 0 Å². The Labute approximate surface area is 117 Å². The molecule has 1 aliphatic rings. The van der Waals surface area contributed by atoms with Crippen molar-refractivity contribution < 1.29 is 19.5 Å². The Morgan fingerprint density at radius 3 is 2.65 bits per heavy atom. The number of likely N-dealkylation sites (tertiary alicyclic amines) is 1. The fourth-order valence-electron chi connectivity index (χ4n) is 2.18. The molecule has 0 radical (unpaired) electrons. The van der Waals surface area contributed by atoms with Crippen molar-refractivity contribution in [2.45, 2.75) is 25.3 Å². The summed E-state index contributed by atoms with van der Waals surface area (Å²) < 4.78 is 0. The first kappa shape index (κ1) is 16.2. The van der Waals surface area contributed by atoms with E-state index in [0.717, 1.165) is 19.5 Å². The molecule has 1 rings (SSSR count). The molecule has 1 fully saturated rings. The van der Waals surface area contributed by atoms with Gasteiger partial charge in [0, 0.05) is 19.5 Å². The monoisotopic (exact) mass is 286 g/mol. The van der Waals surface area contributed by atoms with Gasteiger partial charge in [-0.25, -0.2) is 9.59 Å². The molecule has 0 saturated carbocycles. The summed E-state index contributed by atoms with van der Waals surface area (Å²) in [5, 5.41) is 13.9. The van der Waals surface area contributed by atoms with Crippen LogP contribution in [0.15, 0.2) is 0 Å². The zero-order chi connectivity index (χ0) is 15.1. The van der Waals surface area contributed by atoms with Gasteiger partial charge in [0.25, 0.3) is 0 Å². The number of hydrogen-bond acceptors (Lipinski definition) is 4. The van der Waals surface area contributed by atoms with Crippen molar-refractivity contribution in [3.05, 3.63) is 0 Å². The number of carboxylic acids is 1. The first-order valence-electron chi connectivity index (χ1n) is 6.62. The molecule has 20 heavy (non-hydrogen) atoms. The van der Waals surface area contributed by atoms with E-state index in [0.29, 0.717) is 12.5 Å². The molecule has 0 bridgehead atoms. The number of nitrogens with zero attached hydrogens (tertiary/aromatic N) is 1. The van der Waals surface area contributed by atoms with E-state index in [1.54, 1.807) is 0 Å². The van der Waals surface area contributed by atoms with Crippen LogP contribution < -0.4 is 16.4 Å². The quantitative estimate of drug-likeness (QED) is 0.475. The first-order valence-corrected chi connectivity index (χ1v) is 6.62. The molecule has 8 heteroatoms. The Hall–Kier alpha value is -1.83. The maximum atomic E-state index is 11.6. The van der Waals surface area contributed by atoms with Crippen LogP contribution in [0.25, 0.3) is 0 Å². The van der Waals surface area contributed by atoms with Crippen molar-refractivity contribution in [3.63, 3.8) is 0 Å². The van der Waals surface area contributed by atoms with E-state index in [2.05, 4.69) is 15.5 Å². The highest BCUT2D eigenvalue weighted by molar-refractivity contribution is 5.83. The normalized spacial score (nSPS) is 20.4. The summed E-state index contributed by atoms with van der Waals surface area (Å²) in [7, 11) is 2.02. The van der Waals surface area contributed by atoms with Crippen LogP contribution in [0.4, 0.5) is 4.79 Å². The van der Waals surface area contributed by atoms with Crippen LogP contribution in [0.3, 0.4) is 0 Å². The van der Waals surface area contributed by atoms with Gasteiger partial charge in [0.15, 0.2) is 0 Å². The molecule has 0 aromatic rings. The van der Waals surface area contributed by atoms with E-state index in [1.807, 2.05) is 7.05 Å². The number of hydrogen-bond donors (Lipinski definition) is 4. The number of amides is 3. The molecule has 2 atom stereocenters. The SMILES string of the molecule is CN1CCC(CNC(=O)NC(CCC(N)=O)C(=O)O)C1. The largest absolute Gasteiger partial charge is 0.480 e. The molecule has 3 amide bonds. The van der Waals surface area contributed by atoms with Crippen molar-refractivity contribution in [2.75, 3.05) is 26.7 Å². The number of carboxylic acid groups (broad SMARTS) is 1. The van der Waals surface area contributed by atoms with Gasteiger partial charge in [0.2, 0.25) is 5.91 Å². The number of primary amides is 1. The molecular formula is C12H22N4O4. The Kier molecular flexibility index (Phi) is 6.23. The van der Waals surface area contributed by atoms with Crippen molar-refractivity contribution >= 4 is 17.9 Å². The Balaban J connectivity index is 2.30. The van der Waals surface area contributed by atoms with E-state index in [4.69, 9.17) is 10.8 Å². The molecule has 5 N–H and O–H groups in total. The minimum absolute atomic E-state index is 0.00967. The molecule has 1 saturated heterocycles. The van der Waals surface area contributed by atoms with E-state index in [-0.39, 0.29) is 12.8 Å². The number of rotatable bonds is 7. The highest BCUT2D eigenvalue weighted by Gasteiger charge is 2.22. The Morgan fingerprint density at radius 1 is 1.45 bits per heavy atom. The van der Waals surface area contributed by atoms with Crippen LogP contribution in [-0.4, -0.2) is 60.6 Å². The van der Waals surface area contributed by atoms with Gasteiger partial charge in [-0.2, -0.15) is 0 Å². The number of urea groups is 1. The van der Waals surface area contributed by atoms with Gasteiger partial charge in [0.05, 0.1) is 0 Å². The van der Waals surface area contributed by atoms with E-state index in [1.165, 1.54) is 0 Å². The third-order valence-electron chi connectivity index (χ3n) is 3.32. The summed E-state index contributed by atoms with van der Waals surface area (Å²) >= 11 is 0. The van der Waals surface area contributed by atoms with Crippen LogP contribution in [0.2, 0.25) is 0 Å². The van der Waals surface area contributed by atoms with Gasteiger partial charge in [0.1, 0.15) is 6.04 Å². The van der Waals surface area contributed by atoms with Crippen LogP contribution in [0.5, 0.6) is 0 Å². The predicted molar refractivity (Wildman–Crippen MR) is 72.0 cm³/mol. The topological polar surface area (TPSA) is 125 Å². The van der Waals surface area contributed by atoms with Gasteiger partial charge < -0.3 is 26.4 Å². The summed E-state index contributed by atoms with van der Waals surface area (Å²) in [6, 6.07) is -1.63. The molecule has 2 unspecified atom stereocenters. The molecule has 0 aromatic heterocycles. The zero-order valence-corrected chi connectivity index (χ0v) is 11.6. The first-order chi connectivity index (χ1) is 9.38. The average molecular weight is 286 g/mol. The predicted octanol–water partition coefficient (Wildman–Crippen LogP) is -1.04. The summed E-state index contributed by atoms with van der Waals surface area (Å²) in [6.45, 7) is 2.44. The molecule has 1 heterocycles. The maximum Gasteiger partial charge on any atom is 0.326 e. The highest BCUT2D eigenvalue weighted by Crippen LogP contribution is 2.12. The number of nitrogens with two attached hydrogens (primary N) is 1. The number of nitrogens with one attached hydrogen (secondary N) is 2. The van der Waals surface area contributed by atoms with Gasteiger partial charge >= 0.3 is 12.0 Å². The lowest BCUT2D eigenvalue weighted by Gasteiger charge is -2.16. The molecule has 8 nitrogen and oxygen atoms in total. The summed E-state index contributed by atoms with van der Waals surface area (Å²) in [4.78, 5) is 35.4. The van der Waals surface area contributed by atoms with Crippen molar-refractivity contribution in [2.24, 2.45) is 11.7 Å². The second kappa shape index (κ2) is 7.68. The summed E-state index contributed by atoms with van der Waals surface area (Å²) in [5.41, 5.74) is 4.96. The van der Waals surface area contributed by atoms with Crippen molar-refractivity contribution in [3.8, 4) is 0 Å². The number of carbonyl (C=O) groups is 3. The Morgan fingerprint density at radius 2 is 2.15 bits per heavy atom. The summed E-state index contributed by atoms with van der Waals surface area (Å²) in [6.07, 6.45) is 0.926. The lowest BCUT2D eigenvalue weighted by Crippen LogP contribution is -2.47. The number of aliphatic carboxylic acids is 1. The molecule has 114 valence electrons. The van der Waals surface area contributed by atoms with E-state index < -0.39 is 23.9 Å². The fourth-order valence-corrected chi connectivity index (χ4v) is 2.18. The number of carbonyl (C=O) groups excluding carboxylic acids is 2. The maximum absolute atomic E-state index is 11.6. The third-order valence-corrected chi connectivity index (χ3v) is 3.32. The minimum atomic E-state index is -1.18.